The molecule has 0 spiro atoms. The van der Waals surface area contributed by atoms with Crippen molar-refractivity contribution in [1.82, 2.24) is 19.6 Å². The number of hydrogen-bond acceptors (Lipinski definition) is 12. The van der Waals surface area contributed by atoms with Crippen LogP contribution in [-0.4, -0.2) is 119 Å². The van der Waals surface area contributed by atoms with Gasteiger partial charge in [-0.1, -0.05) is 60.7 Å². The number of imide groups is 2. The first-order chi connectivity index (χ1) is 21.9. The normalized spacial score (nSPS) is 18.6. The lowest BCUT2D eigenvalue weighted by atomic mass is 10.1. The maximum Gasteiger partial charge on any atom is 0.324 e. The largest absolute Gasteiger partial charge is 0.443 e. The second-order valence-electron chi connectivity index (χ2n) is 11.5. The van der Waals surface area contributed by atoms with Crippen LogP contribution in [0.3, 0.4) is 0 Å². The minimum atomic E-state index is -0.954. The summed E-state index contributed by atoms with van der Waals surface area (Å²) in [5.74, 6) is -3.67. The maximum atomic E-state index is 12.9. The average molecular weight is 673 g/mol. The van der Waals surface area contributed by atoms with Crippen LogP contribution in [0.2, 0.25) is 0 Å². The summed E-state index contributed by atoms with van der Waals surface area (Å²) < 4.78 is 10.4. The van der Waals surface area contributed by atoms with Gasteiger partial charge in [-0.25, -0.2) is 9.80 Å². The molecule has 2 aliphatic heterocycles. The fourth-order valence-corrected chi connectivity index (χ4v) is 5.27. The van der Waals surface area contributed by atoms with Gasteiger partial charge in [0.05, 0.1) is 26.2 Å². The molecule has 14 nitrogen and oxygen atoms in total. The number of amides is 4. The Morgan fingerprint density at radius 1 is 0.617 bits per heavy atom. The van der Waals surface area contributed by atoms with E-state index in [1.54, 1.807) is 23.6 Å². The molecular formula is C32H41ClN6O8. The second-order valence-corrected chi connectivity index (χ2v) is 11.5. The third-order valence-corrected chi connectivity index (χ3v) is 8.28. The third kappa shape index (κ3) is 9.89. The summed E-state index contributed by atoms with van der Waals surface area (Å²) in [5.41, 5.74) is 13.6. The van der Waals surface area contributed by atoms with E-state index in [4.69, 9.17) is 20.9 Å². The van der Waals surface area contributed by atoms with E-state index in [9.17, 15) is 28.8 Å². The molecule has 0 saturated carbocycles. The molecule has 2 unspecified atom stereocenters. The first-order valence-electron chi connectivity index (χ1n) is 15.0. The number of carbonyl (C=O) groups excluding carboxylic acids is 6. The van der Waals surface area contributed by atoms with Gasteiger partial charge in [0.15, 0.2) is 13.5 Å². The second kappa shape index (κ2) is 17.1. The molecule has 4 amide bonds. The zero-order valence-corrected chi connectivity index (χ0v) is 27.2. The molecule has 0 aliphatic carbocycles. The van der Waals surface area contributed by atoms with E-state index < -0.39 is 73.2 Å². The number of halogens is 1. The Bertz CT molecular complexity index is 1290. The minimum Gasteiger partial charge on any atom is -0.443 e. The molecule has 2 aliphatic rings. The highest BCUT2D eigenvalue weighted by Crippen LogP contribution is 2.18. The molecule has 2 fully saturated rings. The summed E-state index contributed by atoms with van der Waals surface area (Å²) in [7, 11) is 0. The molecule has 2 saturated heterocycles. The van der Waals surface area contributed by atoms with Crippen molar-refractivity contribution in [3.8, 4) is 0 Å². The molecule has 0 radical (unpaired) electrons. The zero-order valence-electron chi connectivity index (χ0n) is 26.4. The average Bonchev–Trinajstić information content (AvgIpc) is 3.03. The monoisotopic (exact) mass is 672 g/mol. The first-order valence-corrected chi connectivity index (χ1v) is 15.0. The third-order valence-electron chi connectivity index (χ3n) is 8.28. The number of esters is 2. The van der Waals surface area contributed by atoms with Crippen molar-refractivity contribution in [2.24, 2.45) is 11.5 Å². The van der Waals surface area contributed by atoms with Crippen molar-refractivity contribution in [3.63, 3.8) is 0 Å². The Morgan fingerprint density at radius 3 is 1.21 bits per heavy atom. The summed E-state index contributed by atoms with van der Waals surface area (Å²) in [4.78, 5) is 81.3. The number of carbonyl (C=O) groups is 6. The van der Waals surface area contributed by atoms with Gasteiger partial charge in [-0.2, -0.15) is 0 Å². The predicted molar refractivity (Wildman–Crippen MR) is 171 cm³/mol. The van der Waals surface area contributed by atoms with Gasteiger partial charge < -0.3 is 20.9 Å². The highest BCUT2D eigenvalue weighted by atomic mass is 35.5. The quantitative estimate of drug-likeness (QED) is 0.209. The van der Waals surface area contributed by atoms with E-state index in [1.807, 2.05) is 60.7 Å². The zero-order chi connectivity index (χ0) is 33.4. The fourth-order valence-electron chi connectivity index (χ4n) is 5.27. The van der Waals surface area contributed by atoms with E-state index in [0.717, 1.165) is 20.9 Å². The smallest absolute Gasteiger partial charge is 0.324 e. The van der Waals surface area contributed by atoms with Gasteiger partial charge in [0.2, 0.25) is 23.6 Å². The Balaban J connectivity index is 0.00000600. The van der Waals surface area contributed by atoms with Crippen molar-refractivity contribution in [3.05, 3.63) is 71.8 Å². The Labute approximate surface area is 279 Å². The van der Waals surface area contributed by atoms with E-state index in [0.29, 0.717) is 0 Å². The number of benzene rings is 2. The van der Waals surface area contributed by atoms with Crippen LogP contribution >= 0.6 is 12.4 Å². The Kier molecular flexibility index (Phi) is 13.5. The van der Waals surface area contributed by atoms with Gasteiger partial charge in [0.1, 0.15) is 12.1 Å². The number of ether oxygens (including phenoxy) is 2. The van der Waals surface area contributed by atoms with Crippen LogP contribution < -0.4 is 11.5 Å². The number of piperazine rings is 2. The highest BCUT2D eigenvalue weighted by Gasteiger charge is 2.40. The number of rotatable bonds is 13. The molecule has 4 N–H and O–H groups in total. The van der Waals surface area contributed by atoms with Gasteiger partial charge in [-0.05, 0) is 37.8 Å². The van der Waals surface area contributed by atoms with Crippen LogP contribution in [0.25, 0.3) is 0 Å². The van der Waals surface area contributed by atoms with Crippen LogP contribution in [-0.2, 0) is 51.1 Å². The predicted octanol–water partition coefficient (Wildman–Crippen LogP) is -0.332. The van der Waals surface area contributed by atoms with Crippen LogP contribution in [0.15, 0.2) is 60.7 Å². The van der Waals surface area contributed by atoms with Crippen molar-refractivity contribution < 1.29 is 38.2 Å². The van der Waals surface area contributed by atoms with Gasteiger partial charge in [0.25, 0.3) is 0 Å². The molecule has 2 aromatic rings. The number of nitrogens with two attached hydrogens (primary N) is 2. The lowest BCUT2D eigenvalue weighted by molar-refractivity contribution is -0.169. The topological polar surface area (TPSA) is 186 Å². The van der Waals surface area contributed by atoms with E-state index in [2.05, 4.69) is 0 Å². The maximum absolute atomic E-state index is 12.9. The highest BCUT2D eigenvalue weighted by molar-refractivity contribution is 6.00. The van der Waals surface area contributed by atoms with Crippen LogP contribution in [0.1, 0.15) is 25.0 Å². The van der Waals surface area contributed by atoms with E-state index >= 15 is 0 Å². The molecule has 4 atom stereocenters. The van der Waals surface area contributed by atoms with Gasteiger partial charge in [-0.15, -0.1) is 12.4 Å². The molecule has 47 heavy (non-hydrogen) atoms. The van der Waals surface area contributed by atoms with Crippen molar-refractivity contribution in [1.29, 1.82) is 0 Å². The standard InChI is InChI=1S/C32H40N6O8.ClH/c1-21(35-15-27(39)37(28(40)16-35)19-45-31(43)25(33)13-23-9-5-3-6-10-23)22(2)36-17-29(41)38(30(42)18-36)20-46-32(44)26(34)14-24-11-7-4-8-12-24;/h3-12,21-22,25-26H,13-20,33-34H2,1-2H3;1H/t21?,22?,25-,26-;/m0./s1. The van der Waals surface area contributed by atoms with Gasteiger partial charge >= 0.3 is 11.9 Å². The molecule has 15 heteroatoms. The Hall–Kier alpha value is -4.21. The van der Waals surface area contributed by atoms with Crippen LogP contribution in [0.4, 0.5) is 0 Å². The molecule has 2 aromatic carbocycles. The summed E-state index contributed by atoms with van der Waals surface area (Å²) in [6.45, 7) is 1.98. The van der Waals surface area contributed by atoms with Crippen LogP contribution in [0, 0.1) is 0 Å². The molecule has 0 aromatic heterocycles. The lowest BCUT2D eigenvalue weighted by Gasteiger charge is -2.43. The SMILES string of the molecule is CC(C(C)N1CC(=O)N(COC(=O)[C@@H](N)Cc2ccccc2)C(=O)C1)N1CC(=O)N(COC(=O)[C@@H](N)Cc2ccccc2)C(=O)C1.Cl. The van der Waals surface area contributed by atoms with Crippen molar-refractivity contribution >= 4 is 48.0 Å². The first kappa shape index (κ1) is 37.2. The van der Waals surface area contributed by atoms with Crippen molar-refractivity contribution in [2.75, 3.05) is 39.6 Å². The summed E-state index contributed by atoms with van der Waals surface area (Å²) in [5, 5.41) is 0. The lowest BCUT2D eigenvalue weighted by Crippen LogP contribution is -2.63. The molecular weight excluding hydrogens is 632 g/mol. The Morgan fingerprint density at radius 2 is 0.915 bits per heavy atom. The molecule has 4 rings (SSSR count). The van der Waals surface area contributed by atoms with E-state index in [-0.39, 0.29) is 51.4 Å². The van der Waals surface area contributed by atoms with Crippen molar-refractivity contribution in [2.45, 2.75) is 50.9 Å². The summed E-state index contributed by atoms with van der Waals surface area (Å²) in [6, 6.07) is 15.6. The van der Waals surface area contributed by atoms with Crippen LogP contribution in [0.5, 0.6) is 0 Å². The van der Waals surface area contributed by atoms with Gasteiger partial charge in [0, 0.05) is 12.1 Å². The summed E-state index contributed by atoms with van der Waals surface area (Å²) >= 11 is 0. The van der Waals surface area contributed by atoms with Gasteiger partial charge in [-0.3, -0.25) is 38.6 Å². The minimum absolute atomic E-state index is 0. The van der Waals surface area contributed by atoms with E-state index in [1.165, 1.54) is 0 Å². The molecule has 2 heterocycles. The fraction of sp³-hybridized carbons (Fsp3) is 0.438. The number of hydrogen-bond donors (Lipinski definition) is 2. The molecule has 0 bridgehead atoms. The summed E-state index contributed by atoms with van der Waals surface area (Å²) in [6.07, 6.45) is 0.496. The molecule has 254 valence electrons. The number of nitrogens with zero attached hydrogens (tertiary/aromatic N) is 4.